The zero-order valence-electron chi connectivity index (χ0n) is 11.1. The second-order valence-electron chi connectivity index (χ2n) is 4.59. The fourth-order valence-electron chi connectivity index (χ4n) is 1.88. The highest BCUT2D eigenvalue weighted by Gasteiger charge is 2.50. The summed E-state index contributed by atoms with van der Waals surface area (Å²) in [5, 5.41) is 10.0. The van der Waals surface area contributed by atoms with Crippen LogP contribution in [0.5, 0.6) is 0 Å². The van der Waals surface area contributed by atoms with E-state index in [2.05, 4.69) is 26.3 Å². The number of likely N-dealkylation sites (tertiary alicyclic amines) is 1. The van der Waals surface area contributed by atoms with E-state index in [1.807, 2.05) is 5.43 Å². The van der Waals surface area contributed by atoms with Gasteiger partial charge < -0.3 is 10.0 Å². The van der Waals surface area contributed by atoms with Crippen LogP contribution in [0.25, 0.3) is 0 Å². The molecule has 0 aromatic carbocycles. The van der Waals surface area contributed by atoms with Crippen LogP contribution in [-0.2, 0) is 9.59 Å². The number of hydrogen-bond acceptors (Lipinski definition) is 5. The van der Waals surface area contributed by atoms with Gasteiger partial charge in [-0.3, -0.25) is 25.2 Å². The Morgan fingerprint density at radius 2 is 2.14 bits per heavy atom. The molecule has 0 aliphatic carbocycles. The van der Waals surface area contributed by atoms with Crippen molar-refractivity contribution < 1.29 is 19.5 Å². The number of halogens is 1. The van der Waals surface area contributed by atoms with Crippen molar-refractivity contribution in [1.29, 1.82) is 0 Å². The third kappa shape index (κ3) is 3.03. The Labute approximate surface area is 128 Å². The van der Waals surface area contributed by atoms with Crippen molar-refractivity contribution in [2.45, 2.75) is 12.0 Å². The number of pyridine rings is 1. The molecule has 1 aromatic heterocycles. The highest BCUT2D eigenvalue weighted by atomic mass is 79.9. The van der Waals surface area contributed by atoms with Gasteiger partial charge in [-0.2, -0.15) is 0 Å². The minimum atomic E-state index is -2.15. The van der Waals surface area contributed by atoms with Gasteiger partial charge in [-0.05, 0) is 28.1 Å². The van der Waals surface area contributed by atoms with Gasteiger partial charge in [0.05, 0.1) is 0 Å². The fourth-order valence-corrected chi connectivity index (χ4v) is 2.22. The van der Waals surface area contributed by atoms with Gasteiger partial charge >= 0.3 is 0 Å². The van der Waals surface area contributed by atoms with E-state index < -0.39 is 23.3 Å². The van der Waals surface area contributed by atoms with Crippen molar-refractivity contribution in [2.75, 3.05) is 13.6 Å². The van der Waals surface area contributed by atoms with Crippen molar-refractivity contribution in [3.05, 3.63) is 28.5 Å². The second kappa shape index (κ2) is 5.78. The van der Waals surface area contributed by atoms with Crippen molar-refractivity contribution in [3.63, 3.8) is 0 Å². The topological polar surface area (TPSA) is 112 Å². The predicted octanol–water partition coefficient (Wildman–Crippen LogP) is -0.802. The van der Waals surface area contributed by atoms with Gasteiger partial charge in [-0.15, -0.1) is 0 Å². The van der Waals surface area contributed by atoms with Gasteiger partial charge in [-0.25, -0.2) is 4.98 Å². The molecule has 1 aromatic rings. The van der Waals surface area contributed by atoms with Gasteiger partial charge in [0.25, 0.3) is 17.7 Å². The summed E-state index contributed by atoms with van der Waals surface area (Å²) in [6.45, 7) is 0.268. The third-order valence-corrected chi connectivity index (χ3v) is 3.56. The number of hydrazine groups is 1. The first kappa shape index (κ1) is 15.4. The molecule has 21 heavy (non-hydrogen) atoms. The normalized spacial score (nSPS) is 21.3. The van der Waals surface area contributed by atoms with Crippen molar-refractivity contribution >= 4 is 33.7 Å². The van der Waals surface area contributed by atoms with E-state index >= 15 is 0 Å². The first-order valence-electron chi connectivity index (χ1n) is 6.06. The average molecular weight is 357 g/mol. The smallest absolute Gasteiger partial charge is 0.288 e. The highest BCUT2D eigenvalue weighted by molar-refractivity contribution is 9.10. The molecular weight excluding hydrogens is 344 g/mol. The standard InChI is InChI=1S/C12H13BrN4O4/c1-17-6-5-12(21,11(17)20)10(19)16-15-9(18)7-3-2-4-8(13)14-7/h2-4,21H,5-6H2,1H3,(H,15,18)(H,16,19). The van der Waals surface area contributed by atoms with E-state index in [-0.39, 0.29) is 18.7 Å². The summed E-state index contributed by atoms with van der Waals surface area (Å²) < 4.78 is 0.465. The Morgan fingerprint density at radius 3 is 2.71 bits per heavy atom. The van der Waals surface area contributed by atoms with E-state index in [4.69, 9.17) is 0 Å². The lowest BCUT2D eigenvalue weighted by molar-refractivity contribution is -0.154. The Kier molecular flexibility index (Phi) is 4.24. The van der Waals surface area contributed by atoms with Gasteiger partial charge in [0.1, 0.15) is 10.3 Å². The number of hydrogen-bond donors (Lipinski definition) is 3. The molecule has 3 N–H and O–H groups in total. The van der Waals surface area contributed by atoms with Crippen LogP contribution in [-0.4, -0.2) is 51.9 Å². The Morgan fingerprint density at radius 1 is 1.43 bits per heavy atom. The number of rotatable bonds is 2. The van der Waals surface area contributed by atoms with Crippen LogP contribution in [0.4, 0.5) is 0 Å². The van der Waals surface area contributed by atoms with Crippen molar-refractivity contribution in [2.24, 2.45) is 0 Å². The predicted molar refractivity (Wildman–Crippen MR) is 74.7 cm³/mol. The van der Waals surface area contributed by atoms with Crippen molar-refractivity contribution in [1.82, 2.24) is 20.7 Å². The second-order valence-corrected chi connectivity index (χ2v) is 5.40. The van der Waals surface area contributed by atoms with Gasteiger partial charge in [0.2, 0.25) is 5.60 Å². The molecule has 1 atom stereocenters. The van der Waals surface area contributed by atoms with Crippen LogP contribution >= 0.6 is 15.9 Å². The molecule has 9 heteroatoms. The molecule has 2 rings (SSSR count). The summed E-state index contributed by atoms with van der Waals surface area (Å²) in [5.74, 6) is -2.33. The molecular formula is C12H13BrN4O4. The molecule has 0 spiro atoms. The third-order valence-electron chi connectivity index (χ3n) is 3.12. The summed E-state index contributed by atoms with van der Waals surface area (Å²) in [6.07, 6.45) is -0.0286. The summed E-state index contributed by atoms with van der Waals surface area (Å²) in [6, 6.07) is 4.71. The van der Waals surface area contributed by atoms with Gasteiger partial charge in [-0.1, -0.05) is 6.07 Å². The lowest BCUT2D eigenvalue weighted by Gasteiger charge is -2.19. The molecule has 112 valence electrons. The minimum Gasteiger partial charge on any atom is -0.372 e. The van der Waals surface area contributed by atoms with Crippen molar-refractivity contribution in [3.8, 4) is 0 Å². The van der Waals surface area contributed by atoms with E-state index in [1.54, 1.807) is 12.1 Å². The number of carbonyl (C=O) groups excluding carboxylic acids is 3. The van der Waals surface area contributed by atoms with Crippen LogP contribution in [0.15, 0.2) is 22.8 Å². The Balaban J connectivity index is 1.98. The maximum absolute atomic E-state index is 11.9. The van der Waals surface area contributed by atoms with E-state index in [0.717, 1.165) is 0 Å². The number of likely N-dealkylation sites (N-methyl/N-ethyl adjacent to an activating group) is 1. The molecule has 1 aliphatic rings. The van der Waals surface area contributed by atoms with Gasteiger partial charge in [0.15, 0.2) is 0 Å². The molecule has 0 saturated carbocycles. The molecule has 0 radical (unpaired) electrons. The lowest BCUT2D eigenvalue weighted by Crippen LogP contribution is -2.56. The molecule has 0 bridgehead atoms. The van der Waals surface area contributed by atoms with Crippen LogP contribution < -0.4 is 10.9 Å². The molecule has 1 unspecified atom stereocenters. The maximum Gasteiger partial charge on any atom is 0.288 e. The highest BCUT2D eigenvalue weighted by Crippen LogP contribution is 2.21. The molecule has 8 nitrogen and oxygen atoms in total. The molecule has 1 saturated heterocycles. The van der Waals surface area contributed by atoms with E-state index in [9.17, 15) is 19.5 Å². The van der Waals surface area contributed by atoms with Crippen LogP contribution in [0.2, 0.25) is 0 Å². The minimum absolute atomic E-state index is 0.0286. The van der Waals surface area contributed by atoms with E-state index in [1.165, 1.54) is 18.0 Å². The summed E-state index contributed by atoms with van der Waals surface area (Å²) in [5.41, 5.74) is 2.08. The lowest BCUT2D eigenvalue weighted by atomic mass is 10.0. The molecule has 3 amide bonds. The Hall–Kier alpha value is -2.00. The number of aromatic nitrogens is 1. The SMILES string of the molecule is CN1CCC(O)(C(=O)NNC(=O)c2cccc(Br)n2)C1=O. The fraction of sp³-hybridized carbons (Fsp3) is 0.333. The largest absolute Gasteiger partial charge is 0.372 e. The maximum atomic E-state index is 11.9. The average Bonchev–Trinajstić information content (AvgIpc) is 2.73. The number of aliphatic hydroxyl groups is 1. The van der Waals surface area contributed by atoms with Crippen LogP contribution in [0, 0.1) is 0 Å². The first-order valence-corrected chi connectivity index (χ1v) is 6.85. The summed E-state index contributed by atoms with van der Waals surface area (Å²) >= 11 is 3.12. The molecule has 2 heterocycles. The molecule has 1 aliphatic heterocycles. The number of amides is 3. The first-order chi connectivity index (χ1) is 9.84. The van der Waals surface area contributed by atoms with Gasteiger partial charge in [0, 0.05) is 20.0 Å². The van der Waals surface area contributed by atoms with Crippen LogP contribution in [0.1, 0.15) is 16.9 Å². The number of carbonyl (C=O) groups is 3. The zero-order chi connectivity index (χ0) is 15.6. The quantitative estimate of drug-likeness (QED) is 0.365. The summed E-state index contributed by atoms with van der Waals surface area (Å²) in [7, 11) is 1.48. The number of nitrogens with zero attached hydrogens (tertiary/aromatic N) is 2. The van der Waals surface area contributed by atoms with E-state index in [0.29, 0.717) is 4.60 Å². The zero-order valence-corrected chi connectivity index (χ0v) is 12.7. The number of nitrogens with one attached hydrogen (secondary N) is 2. The molecule has 1 fully saturated rings. The Bertz CT molecular complexity index is 609. The summed E-state index contributed by atoms with van der Waals surface area (Å²) in [4.78, 5) is 40.5. The van der Waals surface area contributed by atoms with Crippen LogP contribution in [0.3, 0.4) is 0 Å². The monoisotopic (exact) mass is 356 g/mol.